The predicted molar refractivity (Wildman–Crippen MR) is 83.8 cm³/mol. The standard InChI is InChI=1S/C14H11ClN4O4S/c15-10-2-4-11(5-3-10)24(21,22)13-7-9(8-23-13)1-6-12(20)14-16-18-19-17-14/h1-8,12,20H,(H,16,17,18,19). The Morgan fingerprint density at radius 3 is 2.71 bits per heavy atom. The number of aromatic amines is 1. The Balaban J connectivity index is 1.81. The van der Waals surface area contributed by atoms with Gasteiger partial charge in [0, 0.05) is 16.7 Å². The summed E-state index contributed by atoms with van der Waals surface area (Å²) in [5.41, 5.74) is 0.463. The number of nitrogens with one attached hydrogen (secondary N) is 1. The predicted octanol–water partition coefficient (Wildman–Crippen LogP) is 2.03. The Labute approximate surface area is 141 Å². The van der Waals surface area contributed by atoms with Crippen molar-refractivity contribution < 1.29 is 17.9 Å². The number of aromatic nitrogens is 4. The number of H-pyrrole nitrogens is 1. The molecule has 2 N–H and O–H groups in total. The van der Waals surface area contributed by atoms with Crippen LogP contribution in [0.25, 0.3) is 6.08 Å². The smallest absolute Gasteiger partial charge is 0.239 e. The number of hydrogen-bond donors (Lipinski definition) is 2. The molecular formula is C14H11ClN4O4S. The van der Waals surface area contributed by atoms with Crippen molar-refractivity contribution in [2.45, 2.75) is 16.1 Å². The lowest BCUT2D eigenvalue weighted by atomic mass is 10.2. The van der Waals surface area contributed by atoms with E-state index in [0.717, 1.165) is 0 Å². The number of aliphatic hydroxyl groups is 1. The van der Waals surface area contributed by atoms with Gasteiger partial charge in [-0.05, 0) is 30.3 Å². The summed E-state index contributed by atoms with van der Waals surface area (Å²) >= 11 is 5.76. The average Bonchev–Trinajstić information content (AvgIpc) is 3.25. The molecule has 24 heavy (non-hydrogen) atoms. The average molecular weight is 367 g/mol. The fourth-order valence-electron chi connectivity index (χ4n) is 1.87. The molecule has 124 valence electrons. The third-order valence-electron chi connectivity index (χ3n) is 3.08. The lowest BCUT2D eigenvalue weighted by Crippen LogP contribution is -1.99. The maximum atomic E-state index is 12.4. The highest BCUT2D eigenvalue weighted by atomic mass is 35.5. The van der Waals surface area contributed by atoms with E-state index in [4.69, 9.17) is 16.0 Å². The van der Waals surface area contributed by atoms with Crippen molar-refractivity contribution in [3.8, 4) is 0 Å². The van der Waals surface area contributed by atoms with Gasteiger partial charge in [-0.3, -0.25) is 0 Å². The quantitative estimate of drug-likeness (QED) is 0.708. The second-order valence-corrected chi connectivity index (χ2v) is 7.05. The molecule has 0 aliphatic heterocycles. The summed E-state index contributed by atoms with van der Waals surface area (Å²) < 4.78 is 30.0. The molecule has 3 aromatic rings. The van der Waals surface area contributed by atoms with E-state index in [1.165, 1.54) is 48.7 Å². The highest BCUT2D eigenvalue weighted by molar-refractivity contribution is 7.91. The Morgan fingerprint density at radius 1 is 1.29 bits per heavy atom. The van der Waals surface area contributed by atoms with E-state index in [-0.39, 0.29) is 15.8 Å². The molecule has 0 aliphatic carbocycles. The monoisotopic (exact) mass is 366 g/mol. The molecule has 0 amide bonds. The van der Waals surface area contributed by atoms with E-state index in [2.05, 4.69) is 20.6 Å². The van der Waals surface area contributed by atoms with Gasteiger partial charge in [0.2, 0.25) is 20.8 Å². The first-order valence-electron chi connectivity index (χ1n) is 6.65. The lowest BCUT2D eigenvalue weighted by molar-refractivity contribution is 0.219. The molecule has 1 unspecified atom stereocenters. The highest BCUT2D eigenvalue weighted by Gasteiger charge is 2.21. The number of benzene rings is 1. The van der Waals surface area contributed by atoms with Crippen LogP contribution in [0.15, 0.2) is 57.1 Å². The molecule has 0 bridgehead atoms. The van der Waals surface area contributed by atoms with Crippen LogP contribution in [0.5, 0.6) is 0 Å². The van der Waals surface area contributed by atoms with Gasteiger partial charge >= 0.3 is 0 Å². The molecule has 1 aromatic carbocycles. The van der Waals surface area contributed by atoms with E-state index >= 15 is 0 Å². The number of rotatable bonds is 5. The summed E-state index contributed by atoms with van der Waals surface area (Å²) in [6, 6.07) is 7.12. The maximum Gasteiger partial charge on any atom is 0.239 e. The Bertz CT molecular complexity index is 949. The number of hydrogen-bond acceptors (Lipinski definition) is 7. The fraction of sp³-hybridized carbons (Fsp3) is 0.0714. The van der Waals surface area contributed by atoms with Gasteiger partial charge < -0.3 is 9.52 Å². The van der Waals surface area contributed by atoms with Crippen LogP contribution >= 0.6 is 11.6 Å². The first-order valence-corrected chi connectivity index (χ1v) is 8.52. The van der Waals surface area contributed by atoms with Crippen LogP contribution in [0.1, 0.15) is 17.5 Å². The van der Waals surface area contributed by atoms with Gasteiger partial charge in [0.25, 0.3) is 0 Å². The van der Waals surface area contributed by atoms with Crippen molar-refractivity contribution in [2.75, 3.05) is 0 Å². The summed E-state index contributed by atoms with van der Waals surface area (Å²) in [5, 5.41) is 22.9. The summed E-state index contributed by atoms with van der Waals surface area (Å²) in [6.45, 7) is 0. The highest BCUT2D eigenvalue weighted by Crippen LogP contribution is 2.25. The molecule has 2 aromatic heterocycles. The third kappa shape index (κ3) is 3.37. The molecule has 2 heterocycles. The van der Waals surface area contributed by atoms with Gasteiger partial charge in [-0.1, -0.05) is 22.9 Å². The number of nitrogens with zero attached hydrogens (tertiary/aromatic N) is 3. The van der Waals surface area contributed by atoms with Gasteiger partial charge in [-0.2, -0.15) is 5.21 Å². The van der Waals surface area contributed by atoms with E-state index in [0.29, 0.717) is 10.6 Å². The molecule has 0 aliphatic rings. The zero-order valence-electron chi connectivity index (χ0n) is 12.0. The summed E-state index contributed by atoms with van der Waals surface area (Å²) in [5.74, 6) is 0.101. The van der Waals surface area contributed by atoms with Crippen molar-refractivity contribution >= 4 is 27.5 Å². The Morgan fingerprint density at radius 2 is 2.04 bits per heavy atom. The van der Waals surface area contributed by atoms with Crippen LogP contribution in [0.3, 0.4) is 0 Å². The fourth-order valence-corrected chi connectivity index (χ4v) is 3.19. The molecule has 0 spiro atoms. The van der Waals surface area contributed by atoms with Crippen molar-refractivity contribution in [1.82, 2.24) is 20.6 Å². The molecule has 0 saturated heterocycles. The second kappa shape index (κ2) is 6.56. The lowest BCUT2D eigenvalue weighted by Gasteiger charge is -2.00. The normalized spacial score (nSPS) is 13.4. The van der Waals surface area contributed by atoms with Crippen molar-refractivity contribution in [3.63, 3.8) is 0 Å². The third-order valence-corrected chi connectivity index (χ3v) is 4.97. The molecule has 0 fully saturated rings. The van der Waals surface area contributed by atoms with E-state index in [1.807, 2.05) is 0 Å². The minimum Gasteiger partial charge on any atom is -0.452 e. The van der Waals surface area contributed by atoms with Crippen LogP contribution in [0.4, 0.5) is 0 Å². The van der Waals surface area contributed by atoms with Crippen LogP contribution in [0, 0.1) is 0 Å². The minimum atomic E-state index is -3.78. The number of furan rings is 1. The van der Waals surface area contributed by atoms with Crippen LogP contribution in [-0.2, 0) is 9.84 Å². The minimum absolute atomic E-state index is 0.0728. The molecule has 10 heteroatoms. The van der Waals surface area contributed by atoms with Crippen LogP contribution in [-0.4, -0.2) is 34.1 Å². The van der Waals surface area contributed by atoms with Gasteiger partial charge in [0.15, 0.2) is 0 Å². The molecule has 1 atom stereocenters. The van der Waals surface area contributed by atoms with Crippen molar-refractivity contribution in [3.05, 3.63) is 59.1 Å². The molecule has 8 nitrogen and oxygen atoms in total. The zero-order chi connectivity index (χ0) is 17.2. The molecular weight excluding hydrogens is 356 g/mol. The van der Waals surface area contributed by atoms with E-state index in [1.54, 1.807) is 0 Å². The van der Waals surface area contributed by atoms with Gasteiger partial charge in [-0.15, -0.1) is 10.2 Å². The first-order chi connectivity index (χ1) is 11.5. The summed E-state index contributed by atoms with van der Waals surface area (Å²) in [7, 11) is -3.78. The van der Waals surface area contributed by atoms with Crippen LogP contribution in [0.2, 0.25) is 5.02 Å². The SMILES string of the molecule is O=S(=O)(c1ccc(Cl)cc1)c1cc(C=CC(O)c2nn[nH]n2)co1. The summed E-state index contributed by atoms with van der Waals surface area (Å²) in [4.78, 5) is 0.0728. The summed E-state index contributed by atoms with van der Waals surface area (Å²) in [6.07, 6.45) is 3.07. The first kappa shape index (κ1) is 16.4. The van der Waals surface area contributed by atoms with Gasteiger partial charge in [-0.25, -0.2) is 8.42 Å². The Kier molecular flexibility index (Phi) is 4.47. The largest absolute Gasteiger partial charge is 0.452 e. The van der Waals surface area contributed by atoms with Crippen molar-refractivity contribution in [2.24, 2.45) is 0 Å². The Hall–Kier alpha value is -2.49. The molecule has 0 saturated carbocycles. The van der Waals surface area contributed by atoms with Crippen molar-refractivity contribution in [1.29, 1.82) is 0 Å². The number of halogens is 1. The zero-order valence-corrected chi connectivity index (χ0v) is 13.6. The number of sulfone groups is 1. The molecule has 0 radical (unpaired) electrons. The van der Waals surface area contributed by atoms with Gasteiger partial charge in [0.05, 0.1) is 11.2 Å². The van der Waals surface area contributed by atoms with Crippen LogP contribution < -0.4 is 0 Å². The van der Waals surface area contributed by atoms with Gasteiger partial charge in [0.1, 0.15) is 6.10 Å². The number of tetrazole rings is 1. The van der Waals surface area contributed by atoms with E-state index in [9.17, 15) is 13.5 Å². The molecule has 3 rings (SSSR count). The second-order valence-electron chi connectivity index (χ2n) is 4.73. The van der Waals surface area contributed by atoms with E-state index < -0.39 is 15.9 Å². The maximum absolute atomic E-state index is 12.4. The number of aliphatic hydroxyl groups excluding tert-OH is 1. The topological polar surface area (TPSA) is 122 Å².